The van der Waals surface area contributed by atoms with Gasteiger partial charge in [-0.05, 0) is 54.8 Å². The standard InChI is InChI=1S/C29H28N6O2S3/c1-18-8-7-11-22(19(18)2)31-27(37)17-39-29-32-23-13-12-21(15-24(23)40-29)30-26(36)16-38-28-34-33-25(35(28)3)14-20-9-5-4-6-10-20/h4-13,15H,14,16-17H2,1-3H3,(H,30,36)(H,31,37). The van der Waals surface area contributed by atoms with E-state index in [9.17, 15) is 9.59 Å². The average Bonchev–Trinajstić information content (AvgIpc) is 3.51. The van der Waals surface area contributed by atoms with E-state index in [4.69, 9.17) is 0 Å². The number of thiazole rings is 1. The van der Waals surface area contributed by atoms with Gasteiger partial charge in [-0.25, -0.2) is 4.98 Å². The van der Waals surface area contributed by atoms with Crippen LogP contribution in [0.3, 0.4) is 0 Å². The minimum atomic E-state index is -0.126. The van der Waals surface area contributed by atoms with Gasteiger partial charge in [0.05, 0.1) is 21.7 Å². The van der Waals surface area contributed by atoms with E-state index >= 15 is 0 Å². The lowest BCUT2D eigenvalue weighted by molar-refractivity contribution is -0.114. The van der Waals surface area contributed by atoms with Gasteiger partial charge in [-0.15, -0.1) is 21.5 Å². The molecular formula is C29H28N6O2S3. The highest BCUT2D eigenvalue weighted by Gasteiger charge is 2.14. The van der Waals surface area contributed by atoms with Crippen molar-refractivity contribution in [1.82, 2.24) is 19.7 Å². The van der Waals surface area contributed by atoms with E-state index in [1.54, 1.807) is 0 Å². The minimum Gasteiger partial charge on any atom is -0.325 e. The number of nitrogens with zero attached hydrogens (tertiary/aromatic N) is 4. The van der Waals surface area contributed by atoms with E-state index in [1.807, 2.05) is 80.1 Å². The first-order valence-corrected chi connectivity index (χ1v) is 15.4. The van der Waals surface area contributed by atoms with Crippen LogP contribution in [0.2, 0.25) is 0 Å². The highest BCUT2D eigenvalue weighted by atomic mass is 32.2. The fourth-order valence-corrected chi connectivity index (χ4v) is 6.61. The molecule has 40 heavy (non-hydrogen) atoms. The lowest BCUT2D eigenvalue weighted by atomic mass is 10.1. The summed E-state index contributed by atoms with van der Waals surface area (Å²) in [6.45, 7) is 4.02. The molecule has 0 saturated carbocycles. The van der Waals surface area contributed by atoms with E-state index in [-0.39, 0.29) is 23.3 Å². The number of amides is 2. The summed E-state index contributed by atoms with van der Waals surface area (Å²) >= 11 is 4.26. The number of anilines is 2. The third kappa shape index (κ3) is 6.90. The van der Waals surface area contributed by atoms with Crippen molar-refractivity contribution in [3.63, 3.8) is 0 Å². The summed E-state index contributed by atoms with van der Waals surface area (Å²) < 4.78 is 3.68. The quantitative estimate of drug-likeness (QED) is 0.190. The molecule has 2 N–H and O–H groups in total. The number of benzene rings is 3. The Morgan fingerprint density at radius 2 is 1.68 bits per heavy atom. The summed E-state index contributed by atoms with van der Waals surface area (Å²) in [6.07, 6.45) is 0.684. The van der Waals surface area contributed by atoms with Gasteiger partial charge >= 0.3 is 0 Å². The van der Waals surface area contributed by atoms with Gasteiger partial charge in [-0.3, -0.25) is 9.59 Å². The van der Waals surface area contributed by atoms with Crippen LogP contribution in [0.4, 0.5) is 11.4 Å². The SMILES string of the molecule is Cc1cccc(NC(=O)CSc2nc3ccc(NC(=O)CSc4nnc(Cc5ccccc5)n4C)cc3s2)c1C. The summed E-state index contributed by atoms with van der Waals surface area (Å²) in [5.74, 6) is 1.14. The molecule has 0 fully saturated rings. The maximum atomic E-state index is 12.7. The van der Waals surface area contributed by atoms with Crippen molar-refractivity contribution in [2.24, 2.45) is 7.05 Å². The van der Waals surface area contributed by atoms with Crippen LogP contribution in [0.25, 0.3) is 10.2 Å². The van der Waals surface area contributed by atoms with Gasteiger partial charge in [0.1, 0.15) is 5.82 Å². The van der Waals surface area contributed by atoms with Gasteiger partial charge in [0, 0.05) is 24.8 Å². The number of aromatic nitrogens is 4. The Morgan fingerprint density at radius 1 is 0.900 bits per heavy atom. The zero-order valence-electron chi connectivity index (χ0n) is 22.3. The van der Waals surface area contributed by atoms with Gasteiger partial charge in [-0.1, -0.05) is 66.0 Å². The molecule has 2 aromatic heterocycles. The van der Waals surface area contributed by atoms with Crippen LogP contribution in [-0.2, 0) is 23.1 Å². The Kier molecular flexibility index (Phi) is 8.83. The largest absolute Gasteiger partial charge is 0.325 e. The number of nitrogens with one attached hydrogen (secondary N) is 2. The van der Waals surface area contributed by atoms with E-state index in [2.05, 4.69) is 37.9 Å². The second-order valence-electron chi connectivity index (χ2n) is 9.20. The highest BCUT2D eigenvalue weighted by Crippen LogP contribution is 2.31. The summed E-state index contributed by atoms with van der Waals surface area (Å²) in [5.41, 5.74) is 5.74. The van der Waals surface area contributed by atoms with Crippen molar-refractivity contribution < 1.29 is 9.59 Å². The molecule has 0 radical (unpaired) electrons. The van der Waals surface area contributed by atoms with Crippen LogP contribution < -0.4 is 10.6 Å². The first-order chi connectivity index (χ1) is 19.4. The summed E-state index contributed by atoms with van der Waals surface area (Å²) in [5, 5.41) is 15.2. The van der Waals surface area contributed by atoms with Crippen molar-refractivity contribution in [1.29, 1.82) is 0 Å². The molecule has 2 amide bonds. The highest BCUT2D eigenvalue weighted by molar-refractivity contribution is 8.01. The first kappa shape index (κ1) is 27.9. The molecule has 0 atom stereocenters. The van der Waals surface area contributed by atoms with E-state index in [1.165, 1.54) is 34.9 Å². The Bertz CT molecular complexity index is 1670. The summed E-state index contributed by atoms with van der Waals surface area (Å²) in [4.78, 5) is 29.8. The number of carbonyl (C=O) groups excluding carboxylic acids is 2. The zero-order chi connectivity index (χ0) is 28.1. The monoisotopic (exact) mass is 588 g/mol. The van der Waals surface area contributed by atoms with Crippen LogP contribution in [0.15, 0.2) is 76.2 Å². The van der Waals surface area contributed by atoms with Crippen LogP contribution in [0, 0.1) is 13.8 Å². The smallest absolute Gasteiger partial charge is 0.234 e. The van der Waals surface area contributed by atoms with Crippen molar-refractivity contribution >= 4 is 68.3 Å². The molecule has 204 valence electrons. The molecule has 0 bridgehead atoms. The Labute approximate surface area is 245 Å². The third-order valence-corrected chi connectivity index (χ3v) is 9.50. The molecule has 5 rings (SSSR count). The van der Waals surface area contributed by atoms with Gasteiger partial charge in [0.2, 0.25) is 11.8 Å². The maximum Gasteiger partial charge on any atom is 0.234 e. The molecule has 3 aromatic carbocycles. The number of hydrogen-bond acceptors (Lipinski definition) is 8. The summed E-state index contributed by atoms with van der Waals surface area (Å²) in [6, 6.07) is 21.6. The van der Waals surface area contributed by atoms with E-state index < -0.39 is 0 Å². The van der Waals surface area contributed by atoms with Crippen LogP contribution >= 0.6 is 34.9 Å². The van der Waals surface area contributed by atoms with E-state index in [0.717, 1.165) is 42.8 Å². The molecule has 0 aliphatic rings. The molecule has 11 heteroatoms. The molecule has 0 aliphatic carbocycles. The number of thioether (sulfide) groups is 2. The van der Waals surface area contributed by atoms with Gasteiger partial charge in [0.15, 0.2) is 9.50 Å². The predicted octanol–water partition coefficient (Wildman–Crippen LogP) is 6.09. The van der Waals surface area contributed by atoms with Crippen molar-refractivity contribution in [2.75, 3.05) is 22.1 Å². The minimum absolute atomic E-state index is 0.0708. The Balaban J connectivity index is 1.13. The van der Waals surface area contributed by atoms with Crippen molar-refractivity contribution in [3.05, 3.63) is 89.2 Å². The number of carbonyl (C=O) groups is 2. The molecule has 5 aromatic rings. The maximum absolute atomic E-state index is 12.7. The zero-order valence-corrected chi connectivity index (χ0v) is 24.8. The lowest BCUT2D eigenvalue weighted by Gasteiger charge is -2.09. The predicted molar refractivity (Wildman–Crippen MR) is 164 cm³/mol. The van der Waals surface area contributed by atoms with Crippen LogP contribution in [0.5, 0.6) is 0 Å². The summed E-state index contributed by atoms with van der Waals surface area (Å²) in [7, 11) is 1.92. The third-order valence-electron chi connectivity index (χ3n) is 6.32. The van der Waals surface area contributed by atoms with Gasteiger partial charge in [0.25, 0.3) is 0 Å². The molecular weight excluding hydrogens is 561 g/mol. The fraction of sp³-hybridized carbons (Fsp3) is 0.207. The Hall–Kier alpha value is -3.67. The average molecular weight is 589 g/mol. The molecule has 2 heterocycles. The second kappa shape index (κ2) is 12.7. The topological polar surface area (TPSA) is 102 Å². The number of fused-ring (bicyclic) bond motifs is 1. The van der Waals surface area contributed by atoms with Gasteiger partial charge < -0.3 is 15.2 Å². The molecule has 0 saturated heterocycles. The normalized spacial score (nSPS) is 11.1. The first-order valence-electron chi connectivity index (χ1n) is 12.6. The van der Waals surface area contributed by atoms with E-state index in [0.29, 0.717) is 17.3 Å². The number of aryl methyl sites for hydroxylation is 1. The number of rotatable bonds is 10. The molecule has 0 spiro atoms. The second-order valence-corrected chi connectivity index (χ2v) is 12.4. The molecule has 8 nitrogen and oxygen atoms in total. The fourth-order valence-electron chi connectivity index (χ4n) is 3.97. The van der Waals surface area contributed by atoms with Crippen LogP contribution in [0.1, 0.15) is 22.5 Å². The van der Waals surface area contributed by atoms with Gasteiger partial charge in [-0.2, -0.15) is 0 Å². The molecule has 0 unspecified atom stereocenters. The van der Waals surface area contributed by atoms with Crippen LogP contribution in [-0.4, -0.2) is 43.1 Å². The van der Waals surface area contributed by atoms with Crippen molar-refractivity contribution in [3.8, 4) is 0 Å². The lowest BCUT2D eigenvalue weighted by Crippen LogP contribution is -2.15. The number of hydrogen-bond donors (Lipinski definition) is 2. The molecule has 0 aliphatic heterocycles. The Morgan fingerprint density at radius 3 is 2.50 bits per heavy atom. The van der Waals surface area contributed by atoms with Crippen molar-refractivity contribution in [2.45, 2.75) is 29.8 Å².